The van der Waals surface area contributed by atoms with E-state index in [9.17, 15) is 4.79 Å². The second kappa shape index (κ2) is 5.48. The number of nitrogens with zero attached hydrogens (tertiary/aromatic N) is 4. The van der Waals surface area contributed by atoms with Crippen molar-refractivity contribution in [3.63, 3.8) is 0 Å². The fraction of sp³-hybridized carbons (Fsp3) is 0.750. The van der Waals surface area contributed by atoms with E-state index in [2.05, 4.69) is 21.9 Å². The van der Waals surface area contributed by atoms with Crippen LogP contribution in [-0.4, -0.2) is 43.8 Å². The summed E-state index contributed by atoms with van der Waals surface area (Å²) in [6.07, 6.45) is 2.59. The van der Waals surface area contributed by atoms with E-state index >= 15 is 0 Å². The molecule has 1 saturated heterocycles. The Labute approximate surface area is 107 Å². The van der Waals surface area contributed by atoms with Crippen molar-refractivity contribution in [3.8, 4) is 0 Å². The number of carbonyl (C=O) groups is 1. The number of aliphatic carboxylic acids is 1. The molecule has 1 aliphatic heterocycles. The molecule has 0 saturated carbocycles. The molecule has 0 bridgehead atoms. The van der Waals surface area contributed by atoms with Gasteiger partial charge in [-0.3, -0.25) is 9.69 Å². The summed E-state index contributed by atoms with van der Waals surface area (Å²) >= 11 is 0. The van der Waals surface area contributed by atoms with Crippen molar-refractivity contribution in [2.24, 2.45) is 11.8 Å². The smallest absolute Gasteiger partial charge is 0.308 e. The molecule has 1 aromatic rings. The molecule has 6 nitrogen and oxygen atoms in total. The predicted octanol–water partition coefficient (Wildman–Crippen LogP) is 0.841. The van der Waals surface area contributed by atoms with Gasteiger partial charge in [0.2, 0.25) is 0 Å². The zero-order valence-corrected chi connectivity index (χ0v) is 10.9. The molecule has 100 valence electrons. The van der Waals surface area contributed by atoms with Gasteiger partial charge in [0.25, 0.3) is 0 Å². The fourth-order valence-electron chi connectivity index (χ4n) is 2.53. The van der Waals surface area contributed by atoms with Crippen LogP contribution in [0.1, 0.15) is 26.1 Å². The van der Waals surface area contributed by atoms with Crippen LogP contribution >= 0.6 is 0 Å². The Morgan fingerprint density at radius 3 is 2.94 bits per heavy atom. The van der Waals surface area contributed by atoms with E-state index in [1.165, 1.54) is 0 Å². The Hall–Kier alpha value is -1.43. The highest BCUT2D eigenvalue weighted by molar-refractivity contribution is 5.71. The van der Waals surface area contributed by atoms with E-state index in [1.807, 2.05) is 11.6 Å². The van der Waals surface area contributed by atoms with Gasteiger partial charge in [-0.1, -0.05) is 13.8 Å². The maximum atomic E-state index is 11.1. The number of hydrogen-bond acceptors (Lipinski definition) is 4. The number of carboxylic acid groups (broad SMARTS) is 1. The van der Waals surface area contributed by atoms with Gasteiger partial charge in [-0.25, -0.2) is 9.67 Å². The third kappa shape index (κ3) is 2.69. The number of hydrogen-bond donors (Lipinski definition) is 1. The number of likely N-dealkylation sites (tertiary alicyclic amines) is 1. The van der Waals surface area contributed by atoms with E-state index < -0.39 is 5.97 Å². The first kappa shape index (κ1) is 13.0. The second-order valence-corrected chi connectivity index (χ2v) is 5.02. The van der Waals surface area contributed by atoms with Crippen LogP contribution < -0.4 is 0 Å². The molecule has 2 atom stereocenters. The third-order valence-corrected chi connectivity index (χ3v) is 3.50. The Kier molecular flexibility index (Phi) is 3.96. The zero-order valence-electron chi connectivity index (χ0n) is 10.9. The van der Waals surface area contributed by atoms with Crippen molar-refractivity contribution >= 4 is 5.97 Å². The van der Waals surface area contributed by atoms with Crippen molar-refractivity contribution in [1.82, 2.24) is 19.7 Å². The lowest BCUT2D eigenvalue weighted by atomic mass is 9.99. The van der Waals surface area contributed by atoms with Crippen molar-refractivity contribution in [1.29, 1.82) is 0 Å². The highest BCUT2D eigenvalue weighted by Gasteiger charge is 2.34. The average molecular weight is 252 g/mol. The molecule has 2 heterocycles. The summed E-state index contributed by atoms with van der Waals surface area (Å²) < 4.78 is 1.90. The van der Waals surface area contributed by atoms with E-state index in [4.69, 9.17) is 5.11 Å². The maximum absolute atomic E-state index is 11.1. The van der Waals surface area contributed by atoms with Gasteiger partial charge in [-0.15, -0.1) is 0 Å². The highest BCUT2D eigenvalue weighted by atomic mass is 16.4. The summed E-state index contributed by atoms with van der Waals surface area (Å²) in [4.78, 5) is 17.5. The quantitative estimate of drug-likeness (QED) is 0.840. The van der Waals surface area contributed by atoms with Crippen LogP contribution in [-0.2, 0) is 17.9 Å². The Balaban J connectivity index is 1.98. The Morgan fingerprint density at radius 2 is 2.33 bits per heavy atom. The van der Waals surface area contributed by atoms with Gasteiger partial charge in [0, 0.05) is 19.6 Å². The predicted molar refractivity (Wildman–Crippen MR) is 65.9 cm³/mol. The minimum absolute atomic E-state index is 0.199. The van der Waals surface area contributed by atoms with E-state index in [1.54, 1.807) is 6.33 Å². The molecule has 0 unspecified atom stereocenters. The number of aryl methyl sites for hydroxylation is 1. The molecule has 1 aliphatic rings. The third-order valence-electron chi connectivity index (χ3n) is 3.50. The molecule has 1 fully saturated rings. The summed E-state index contributed by atoms with van der Waals surface area (Å²) in [6, 6.07) is 0. The van der Waals surface area contributed by atoms with Crippen LogP contribution in [0.5, 0.6) is 0 Å². The minimum Gasteiger partial charge on any atom is -0.481 e. The van der Waals surface area contributed by atoms with Crippen LogP contribution in [0.3, 0.4) is 0 Å². The number of rotatable bonds is 5. The molecular formula is C12H20N4O2. The SMILES string of the molecule is CCCn1ncnc1CN1C[C@@H](C)[C@H](C(=O)O)C1. The molecule has 1 aromatic heterocycles. The van der Waals surface area contributed by atoms with Crippen molar-refractivity contribution < 1.29 is 9.90 Å². The molecule has 0 amide bonds. The van der Waals surface area contributed by atoms with Crippen LogP contribution in [0.25, 0.3) is 0 Å². The molecule has 0 spiro atoms. The lowest BCUT2D eigenvalue weighted by molar-refractivity contribution is -0.142. The Bertz CT molecular complexity index is 418. The monoisotopic (exact) mass is 252 g/mol. The summed E-state index contributed by atoms with van der Waals surface area (Å²) in [5, 5.41) is 13.3. The summed E-state index contributed by atoms with van der Waals surface area (Å²) in [6.45, 7) is 7.07. The molecule has 6 heteroatoms. The topological polar surface area (TPSA) is 71.2 Å². The van der Waals surface area contributed by atoms with Gasteiger partial charge in [-0.05, 0) is 12.3 Å². The van der Waals surface area contributed by atoms with Crippen LogP contribution in [0, 0.1) is 11.8 Å². The second-order valence-electron chi connectivity index (χ2n) is 5.02. The van der Waals surface area contributed by atoms with Crippen LogP contribution in [0.2, 0.25) is 0 Å². The lowest BCUT2D eigenvalue weighted by Crippen LogP contribution is -2.24. The summed E-state index contributed by atoms with van der Waals surface area (Å²) in [5.41, 5.74) is 0. The van der Waals surface area contributed by atoms with Gasteiger partial charge >= 0.3 is 5.97 Å². The standard InChI is InChI=1S/C12H20N4O2/c1-3-4-16-11(13-8-14-16)7-15-5-9(2)10(6-15)12(17)18/h8-10H,3-7H2,1-2H3,(H,17,18)/t9-,10-/m1/s1. The van der Waals surface area contributed by atoms with Crippen molar-refractivity contribution in [2.45, 2.75) is 33.4 Å². The van der Waals surface area contributed by atoms with E-state index in [0.717, 1.165) is 25.3 Å². The van der Waals surface area contributed by atoms with Gasteiger partial charge in [0.05, 0.1) is 12.5 Å². The van der Waals surface area contributed by atoms with Gasteiger partial charge in [0.15, 0.2) is 0 Å². The molecule has 0 radical (unpaired) electrons. The highest BCUT2D eigenvalue weighted by Crippen LogP contribution is 2.24. The lowest BCUT2D eigenvalue weighted by Gasteiger charge is -2.15. The van der Waals surface area contributed by atoms with Crippen LogP contribution in [0.15, 0.2) is 6.33 Å². The fourth-order valence-corrected chi connectivity index (χ4v) is 2.53. The molecule has 1 N–H and O–H groups in total. The zero-order chi connectivity index (χ0) is 13.1. The van der Waals surface area contributed by atoms with Crippen molar-refractivity contribution in [3.05, 3.63) is 12.2 Å². The minimum atomic E-state index is -0.694. The maximum Gasteiger partial charge on any atom is 0.308 e. The number of carboxylic acids is 1. The molecule has 2 rings (SSSR count). The summed E-state index contributed by atoms with van der Waals surface area (Å²) in [7, 11) is 0. The van der Waals surface area contributed by atoms with Crippen molar-refractivity contribution in [2.75, 3.05) is 13.1 Å². The molecular weight excluding hydrogens is 232 g/mol. The first-order valence-electron chi connectivity index (χ1n) is 6.43. The van der Waals surface area contributed by atoms with E-state index in [-0.39, 0.29) is 11.8 Å². The number of aromatic nitrogens is 3. The molecule has 0 aromatic carbocycles. The Morgan fingerprint density at radius 1 is 1.56 bits per heavy atom. The van der Waals surface area contributed by atoms with Gasteiger partial charge in [0.1, 0.15) is 12.2 Å². The first-order chi connectivity index (χ1) is 8.61. The summed E-state index contributed by atoms with van der Waals surface area (Å²) in [5.74, 6) is 0.174. The van der Waals surface area contributed by atoms with Gasteiger partial charge in [-0.2, -0.15) is 5.10 Å². The first-order valence-corrected chi connectivity index (χ1v) is 6.43. The normalized spacial score (nSPS) is 24.6. The largest absolute Gasteiger partial charge is 0.481 e. The molecule has 0 aliphatic carbocycles. The molecule has 18 heavy (non-hydrogen) atoms. The van der Waals surface area contributed by atoms with Gasteiger partial charge < -0.3 is 5.11 Å². The van der Waals surface area contributed by atoms with Crippen LogP contribution in [0.4, 0.5) is 0 Å². The average Bonchev–Trinajstić information content (AvgIpc) is 2.87. The van der Waals surface area contributed by atoms with E-state index in [0.29, 0.717) is 13.1 Å².